The minimum atomic E-state index is 0.862. The van der Waals surface area contributed by atoms with Gasteiger partial charge < -0.3 is 14.6 Å². The Balaban J connectivity index is 0.000000503. The first kappa shape index (κ1) is 37.7. The normalized spacial score (nSPS) is 11.1. The molecule has 4 heteroatoms. The lowest BCUT2D eigenvalue weighted by Crippen LogP contribution is -2.10. The van der Waals surface area contributed by atoms with Gasteiger partial charge in [-0.25, -0.2) is 0 Å². The largest absolute Gasteiger partial charge is 0.456 e. The zero-order chi connectivity index (χ0) is 41.1. The average molecular weight is 803 g/mol. The number of nitrogens with zero attached hydrogens (tertiary/aromatic N) is 1. The molecule has 1 heterocycles. The van der Waals surface area contributed by atoms with Crippen molar-refractivity contribution in [1.82, 2.24) is 0 Å². The Morgan fingerprint density at radius 3 is 1.67 bits per heavy atom. The van der Waals surface area contributed by atoms with Gasteiger partial charge in [-0.2, -0.15) is 0 Å². The summed E-state index contributed by atoms with van der Waals surface area (Å²) >= 11 is 4.20. The van der Waals surface area contributed by atoms with Gasteiger partial charge in [-0.05, 0) is 129 Å². The van der Waals surface area contributed by atoms with Gasteiger partial charge in [0.25, 0.3) is 0 Å². The zero-order valence-electron chi connectivity index (χ0n) is 33.7. The molecule has 1 N–H and O–H groups in total. The van der Waals surface area contributed by atoms with Crippen molar-refractivity contribution in [3.05, 3.63) is 230 Å². The topological polar surface area (TPSA) is 28.4 Å². The van der Waals surface area contributed by atoms with Crippen LogP contribution in [0.1, 0.15) is 5.56 Å². The van der Waals surface area contributed by atoms with Crippen molar-refractivity contribution in [1.29, 1.82) is 0 Å². The van der Waals surface area contributed by atoms with E-state index in [-0.39, 0.29) is 0 Å². The summed E-state index contributed by atoms with van der Waals surface area (Å²) in [7, 11) is 0. The Bertz CT molecular complexity index is 3240. The second-order valence-corrected chi connectivity index (χ2v) is 15.8. The van der Waals surface area contributed by atoms with Crippen LogP contribution in [0.15, 0.2) is 234 Å². The predicted molar refractivity (Wildman–Crippen MR) is 262 cm³/mol. The number of rotatable bonds is 7. The first-order chi connectivity index (χ1) is 30.0. The van der Waals surface area contributed by atoms with Gasteiger partial charge in [-0.1, -0.05) is 146 Å². The highest BCUT2D eigenvalue weighted by Gasteiger charge is 2.17. The molecule has 11 aromatic rings. The number of hydrogen-bond acceptors (Lipinski definition) is 4. The fourth-order valence-corrected chi connectivity index (χ4v) is 8.35. The van der Waals surface area contributed by atoms with E-state index in [1.54, 1.807) is 0 Å². The summed E-state index contributed by atoms with van der Waals surface area (Å²) in [6.45, 7) is 2.04. The van der Waals surface area contributed by atoms with E-state index >= 15 is 0 Å². The van der Waals surface area contributed by atoms with Gasteiger partial charge in [-0.15, -0.1) is 12.6 Å². The van der Waals surface area contributed by atoms with Crippen LogP contribution < -0.4 is 10.2 Å². The van der Waals surface area contributed by atoms with Gasteiger partial charge in [0.1, 0.15) is 11.2 Å². The first-order valence-corrected chi connectivity index (χ1v) is 21.0. The third-order valence-corrected chi connectivity index (χ3v) is 11.8. The molecule has 0 amide bonds. The molecule has 0 aliphatic rings. The van der Waals surface area contributed by atoms with Gasteiger partial charge >= 0.3 is 0 Å². The molecular formula is C57H42N2OS. The molecule has 0 bridgehead atoms. The number of furan rings is 1. The molecular weight excluding hydrogens is 761 g/mol. The monoisotopic (exact) mass is 802 g/mol. The van der Waals surface area contributed by atoms with E-state index in [1.165, 1.54) is 38.2 Å². The van der Waals surface area contributed by atoms with E-state index in [1.807, 2.05) is 43.3 Å². The quantitative estimate of drug-likeness (QED) is 0.124. The maximum Gasteiger partial charge on any atom is 0.137 e. The van der Waals surface area contributed by atoms with Gasteiger partial charge in [0.15, 0.2) is 0 Å². The molecule has 10 aromatic carbocycles. The number of para-hydroxylation sites is 1. The summed E-state index contributed by atoms with van der Waals surface area (Å²) in [6.07, 6.45) is 0. The molecule has 0 saturated carbocycles. The van der Waals surface area contributed by atoms with Crippen LogP contribution >= 0.6 is 12.6 Å². The van der Waals surface area contributed by atoms with Crippen molar-refractivity contribution in [3.8, 4) is 22.3 Å². The minimum absolute atomic E-state index is 0.862. The Morgan fingerprint density at radius 1 is 0.377 bits per heavy atom. The molecule has 0 unspecified atom stereocenters. The molecule has 0 aliphatic carbocycles. The van der Waals surface area contributed by atoms with Gasteiger partial charge in [0, 0.05) is 50.2 Å². The van der Waals surface area contributed by atoms with E-state index in [9.17, 15) is 0 Å². The number of benzene rings is 10. The van der Waals surface area contributed by atoms with Gasteiger partial charge in [-0.3, -0.25) is 0 Å². The molecule has 0 aliphatic heterocycles. The number of anilines is 5. The molecule has 292 valence electrons. The third-order valence-electron chi connectivity index (χ3n) is 11.3. The fraction of sp³-hybridized carbons (Fsp3) is 0.0175. The summed E-state index contributed by atoms with van der Waals surface area (Å²) in [5.41, 5.74) is 12.8. The lowest BCUT2D eigenvalue weighted by atomic mass is 9.98. The first-order valence-electron chi connectivity index (χ1n) is 20.5. The molecule has 0 atom stereocenters. The van der Waals surface area contributed by atoms with Crippen LogP contribution in [0.5, 0.6) is 0 Å². The second-order valence-electron chi connectivity index (χ2n) is 15.3. The zero-order valence-corrected chi connectivity index (χ0v) is 34.6. The van der Waals surface area contributed by atoms with Crippen LogP contribution in [-0.4, -0.2) is 0 Å². The molecule has 61 heavy (non-hydrogen) atoms. The van der Waals surface area contributed by atoms with Crippen molar-refractivity contribution in [3.63, 3.8) is 0 Å². The third kappa shape index (κ3) is 7.85. The molecule has 1 aromatic heterocycles. The highest BCUT2D eigenvalue weighted by atomic mass is 32.1. The lowest BCUT2D eigenvalue weighted by molar-refractivity contribution is 0.669. The Kier molecular flexibility index (Phi) is 10.3. The number of fused-ring (bicyclic) bond motifs is 6. The maximum absolute atomic E-state index is 6.39. The highest BCUT2D eigenvalue weighted by Crippen LogP contribution is 2.41. The predicted octanol–water partition coefficient (Wildman–Crippen LogP) is 16.7. The summed E-state index contributed by atoms with van der Waals surface area (Å²) < 4.78 is 6.39. The van der Waals surface area contributed by atoms with Crippen LogP contribution in [-0.2, 0) is 0 Å². The molecule has 0 saturated heterocycles. The lowest BCUT2D eigenvalue weighted by Gasteiger charge is -2.26. The Labute approximate surface area is 361 Å². The molecule has 11 rings (SSSR count). The Hall–Kier alpha value is -7.53. The van der Waals surface area contributed by atoms with Gasteiger partial charge in [0.05, 0.1) is 0 Å². The SMILES string of the molecule is Cc1ccccc1S.c1ccc(-c2cc(Nc3cccc(N(c4ccc5c(ccc6ccccc65)c4)c4ccc5c(c4)oc4ccccc45)c3)cc(-c3ccccc3)c2)cc1. The van der Waals surface area contributed by atoms with E-state index in [0.29, 0.717) is 0 Å². The number of thiol groups is 1. The summed E-state index contributed by atoms with van der Waals surface area (Å²) in [4.78, 5) is 3.38. The van der Waals surface area contributed by atoms with E-state index < -0.39 is 0 Å². The van der Waals surface area contributed by atoms with Crippen molar-refractivity contribution < 1.29 is 4.42 Å². The summed E-state index contributed by atoms with van der Waals surface area (Å²) in [5.74, 6) is 0. The van der Waals surface area contributed by atoms with Crippen LogP contribution in [0.3, 0.4) is 0 Å². The minimum Gasteiger partial charge on any atom is -0.456 e. The van der Waals surface area contributed by atoms with E-state index in [2.05, 4.69) is 211 Å². The molecule has 0 radical (unpaired) electrons. The van der Waals surface area contributed by atoms with Crippen molar-refractivity contribution in [2.45, 2.75) is 11.8 Å². The second kappa shape index (κ2) is 16.6. The fourth-order valence-electron chi connectivity index (χ4n) is 8.19. The van der Waals surface area contributed by atoms with Crippen LogP contribution in [0, 0.1) is 6.92 Å². The van der Waals surface area contributed by atoms with Crippen LogP contribution in [0.25, 0.3) is 65.7 Å². The van der Waals surface area contributed by atoms with E-state index in [4.69, 9.17) is 4.42 Å². The van der Waals surface area contributed by atoms with Crippen molar-refractivity contribution in [2.24, 2.45) is 0 Å². The number of aryl methyl sites for hydroxylation is 1. The summed E-state index contributed by atoms with van der Waals surface area (Å²) in [6, 6.07) is 79.1. The van der Waals surface area contributed by atoms with Crippen LogP contribution in [0.4, 0.5) is 28.4 Å². The molecule has 0 spiro atoms. The molecule has 3 nitrogen and oxygen atoms in total. The smallest absolute Gasteiger partial charge is 0.137 e. The highest BCUT2D eigenvalue weighted by molar-refractivity contribution is 7.80. The number of nitrogens with one attached hydrogen (secondary N) is 1. The van der Waals surface area contributed by atoms with Gasteiger partial charge in [0.2, 0.25) is 0 Å². The standard InChI is InChI=1S/C50H34N2O.C7H8S/c1-3-12-34(13-4-1)38-28-39(35-14-5-2-6-15-35)30-41(29-38)51-40-17-11-18-42(32-40)52(44-25-27-48-47-20-9-10-21-49(47)53-50(48)33-44)43-24-26-46-37(31-43)23-22-36-16-7-8-19-45(36)46;1-6-4-2-3-5-7(6)8/h1-33,51H;2-5,8H,1H3. The molecule has 0 fully saturated rings. The Morgan fingerprint density at radius 2 is 0.951 bits per heavy atom. The van der Waals surface area contributed by atoms with Crippen molar-refractivity contribution >= 4 is 84.5 Å². The van der Waals surface area contributed by atoms with Crippen molar-refractivity contribution in [2.75, 3.05) is 10.2 Å². The van der Waals surface area contributed by atoms with Crippen LogP contribution in [0.2, 0.25) is 0 Å². The van der Waals surface area contributed by atoms with E-state index in [0.717, 1.165) is 66.4 Å². The maximum atomic E-state index is 6.39. The summed E-state index contributed by atoms with van der Waals surface area (Å²) in [5, 5.41) is 10.9. The number of hydrogen-bond donors (Lipinski definition) is 2. The average Bonchev–Trinajstić information content (AvgIpc) is 3.69.